The van der Waals surface area contributed by atoms with E-state index < -0.39 is 0 Å². The Hall–Kier alpha value is -0.850. The SMILES string of the molecule is CC.CCc1cncc(C)c1C. The summed E-state index contributed by atoms with van der Waals surface area (Å²) in [5, 5.41) is 0. The normalized spacial score (nSPS) is 8.75. The Morgan fingerprint density at radius 3 is 2.17 bits per heavy atom. The van der Waals surface area contributed by atoms with Crippen molar-refractivity contribution in [1.82, 2.24) is 4.98 Å². The van der Waals surface area contributed by atoms with Crippen molar-refractivity contribution in [2.45, 2.75) is 41.0 Å². The minimum Gasteiger partial charge on any atom is -0.264 e. The molecule has 0 aliphatic rings. The molecule has 68 valence electrons. The maximum absolute atomic E-state index is 4.12. The summed E-state index contributed by atoms with van der Waals surface area (Å²) in [6, 6.07) is 0. The van der Waals surface area contributed by atoms with Gasteiger partial charge in [0.15, 0.2) is 0 Å². The lowest BCUT2D eigenvalue weighted by Gasteiger charge is -2.03. The predicted molar refractivity (Wildman–Crippen MR) is 54.4 cm³/mol. The molecule has 0 N–H and O–H groups in total. The van der Waals surface area contributed by atoms with Crippen LogP contribution in [0.4, 0.5) is 0 Å². The third-order valence-electron chi connectivity index (χ3n) is 1.95. The lowest BCUT2D eigenvalue weighted by Crippen LogP contribution is -1.90. The number of nitrogens with zero attached hydrogens (tertiary/aromatic N) is 1. The van der Waals surface area contributed by atoms with Crippen LogP contribution in [-0.4, -0.2) is 4.98 Å². The van der Waals surface area contributed by atoms with Crippen molar-refractivity contribution in [1.29, 1.82) is 0 Å². The van der Waals surface area contributed by atoms with Gasteiger partial charge in [-0.2, -0.15) is 0 Å². The molecule has 0 unspecified atom stereocenters. The first-order chi connectivity index (χ1) is 5.75. The van der Waals surface area contributed by atoms with E-state index >= 15 is 0 Å². The van der Waals surface area contributed by atoms with Gasteiger partial charge in [-0.25, -0.2) is 0 Å². The van der Waals surface area contributed by atoms with E-state index in [1.54, 1.807) is 0 Å². The quantitative estimate of drug-likeness (QED) is 0.622. The molecule has 1 nitrogen and oxygen atoms in total. The largest absolute Gasteiger partial charge is 0.264 e. The summed E-state index contributed by atoms with van der Waals surface area (Å²) < 4.78 is 0. The van der Waals surface area contributed by atoms with Gasteiger partial charge < -0.3 is 0 Å². The number of aromatic nitrogens is 1. The molecule has 0 atom stereocenters. The molecule has 0 aliphatic carbocycles. The van der Waals surface area contributed by atoms with E-state index in [0.29, 0.717) is 0 Å². The molecule has 0 bridgehead atoms. The second-order valence-electron chi connectivity index (χ2n) is 2.59. The van der Waals surface area contributed by atoms with Gasteiger partial charge >= 0.3 is 0 Å². The minimum absolute atomic E-state index is 1.08. The van der Waals surface area contributed by atoms with Gasteiger partial charge in [-0.05, 0) is 37.0 Å². The highest BCUT2D eigenvalue weighted by Crippen LogP contribution is 2.10. The zero-order chi connectivity index (χ0) is 9.56. The summed E-state index contributed by atoms with van der Waals surface area (Å²) in [7, 11) is 0. The Morgan fingerprint density at radius 1 is 1.17 bits per heavy atom. The van der Waals surface area contributed by atoms with Crippen molar-refractivity contribution in [2.75, 3.05) is 0 Å². The van der Waals surface area contributed by atoms with Crippen molar-refractivity contribution < 1.29 is 0 Å². The van der Waals surface area contributed by atoms with Crippen LogP contribution < -0.4 is 0 Å². The highest BCUT2D eigenvalue weighted by molar-refractivity contribution is 5.28. The van der Waals surface area contributed by atoms with Gasteiger partial charge in [0.25, 0.3) is 0 Å². The smallest absolute Gasteiger partial charge is 0.0302 e. The fourth-order valence-electron chi connectivity index (χ4n) is 1.04. The first-order valence-corrected chi connectivity index (χ1v) is 4.65. The fraction of sp³-hybridized carbons (Fsp3) is 0.545. The van der Waals surface area contributed by atoms with E-state index in [0.717, 1.165) is 6.42 Å². The van der Waals surface area contributed by atoms with Crippen molar-refractivity contribution >= 4 is 0 Å². The van der Waals surface area contributed by atoms with E-state index in [1.807, 2.05) is 26.2 Å². The van der Waals surface area contributed by atoms with Crippen LogP contribution in [-0.2, 0) is 6.42 Å². The molecule has 0 amide bonds. The van der Waals surface area contributed by atoms with Gasteiger partial charge in [0.05, 0.1) is 0 Å². The standard InChI is InChI=1S/C9H13N.C2H6/c1-4-9-6-10-5-7(2)8(9)3;1-2/h5-6H,4H2,1-3H3;1-2H3. The average Bonchev–Trinajstić information content (AvgIpc) is 2.13. The van der Waals surface area contributed by atoms with Crippen LogP contribution in [0.25, 0.3) is 0 Å². The van der Waals surface area contributed by atoms with Gasteiger partial charge in [0.2, 0.25) is 0 Å². The molecule has 0 fully saturated rings. The van der Waals surface area contributed by atoms with E-state index in [1.165, 1.54) is 16.7 Å². The molecule has 1 heteroatoms. The van der Waals surface area contributed by atoms with Crippen LogP contribution in [0.1, 0.15) is 37.5 Å². The summed E-state index contributed by atoms with van der Waals surface area (Å²) in [6.07, 6.45) is 4.94. The van der Waals surface area contributed by atoms with Gasteiger partial charge in [0.1, 0.15) is 0 Å². The van der Waals surface area contributed by atoms with Crippen LogP contribution in [0.15, 0.2) is 12.4 Å². The maximum atomic E-state index is 4.12. The van der Waals surface area contributed by atoms with E-state index in [2.05, 4.69) is 25.8 Å². The van der Waals surface area contributed by atoms with E-state index in [4.69, 9.17) is 0 Å². The van der Waals surface area contributed by atoms with Gasteiger partial charge in [-0.15, -0.1) is 0 Å². The molecule has 0 aromatic carbocycles. The number of hydrogen-bond acceptors (Lipinski definition) is 1. The second kappa shape index (κ2) is 5.76. The number of pyridine rings is 1. The van der Waals surface area contributed by atoms with Crippen LogP contribution in [0.5, 0.6) is 0 Å². The molecule has 1 heterocycles. The van der Waals surface area contributed by atoms with Crippen molar-refractivity contribution in [3.8, 4) is 0 Å². The lowest BCUT2D eigenvalue weighted by atomic mass is 10.1. The summed E-state index contributed by atoms with van der Waals surface area (Å²) >= 11 is 0. The molecule has 0 aliphatic heterocycles. The first-order valence-electron chi connectivity index (χ1n) is 4.65. The first kappa shape index (κ1) is 11.2. The zero-order valence-corrected chi connectivity index (χ0v) is 8.81. The predicted octanol–water partition coefficient (Wildman–Crippen LogP) is 3.29. The summed E-state index contributed by atoms with van der Waals surface area (Å²) in [5.41, 5.74) is 4.04. The molecular weight excluding hydrogens is 146 g/mol. The Labute approximate surface area is 75.8 Å². The van der Waals surface area contributed by atoms with Crippen LogP contribution in [0.2, 0.25) is 0 Å². The lowest BCUT2D eigenvalue weighted by molar-refractivity contribution is 1.05. The molecule has 12 heavy (non-hydrogen) atoms. The van der Waals surface area contributed by atoms with Gasteiger partial charge in [-0.1, -0.05) is 20.8 Å². The third-order valence-corrected chi connectivity index (χ3v) is 1.95. The summed E-state index contributed by atoms with van der Waals surface area (Å²) in [5.74, 6) is 0. The van der Waals surface area contributed by atoms with Gasteiger partial charge in [0, 0.05) is 12.4 Å². The Balaban J connectivity index is 0.000000561. The zero-order valence-electron chi connectivity index (χ0n) is 8.81. The Bertz CT molecular complexity index is 228. The molecular formula is C11H19N. The van der Waals surface area contributed by atoms with E-state index in [9.17, 15) is 0 Å². The van der Waals surface area contributed by atoms with Crippen LogP contribution in [0, 0.1) is 13.8 Å². The molecule has 0 saturated heterocycles. The average molecular weight is 165 g/mol. The number of aryl methyl sites for hydroxylation is 2. The van der Waals surface area contributed by atoms with Crippen LogP contribution in [0.3, 0.4) is 0 Å². The minimum atomic E-state index is 1.08. The number of hydrogen-bond donors (Lipinski definition) is 0. The summed E-state index contributed by atoms with van der Waals surface area (Å²) in [4.78, 5) is 4.12. The molecule has 0 saturated carbocycles. The van der Waals surface area contributed by atoms with Crippen molar-refractivity contribution in [2.24, 2.45) is 0 Å². The molecule has 0 spiro atoms. The molecule has 1 rings (SSSR count). The monoisotopic (exact) mass is 165 g/mol. The van der Waals surface area contributed by atoms with Crippen molar-refractivity contribution in [3.63, 3.8) is 0 Å². The van der Waals surface area contributed by atoms with Crippen molar-refractivity contribution in [3.05, 3.63) is 29.1 Å². The molecule has 1 aromatic rings. The van der Waals surface area contributed by atoms with E-state index in [-0.39, 0.29) is 0 Å². The highest BCUT2D eigenvalue weighted by Gasteiger charge is 1.96. The second-order valence-corrected chi connectivity index (χ2v) is 2.59. The third kappa shape index (κ3) is 2.65. The maximum Gasteiger partial charge on any atom is 0.0302 e. The molecule has 1 aromatic heterocycles. The summed E-state index contributed by atoms with van der Waals surface area (Å²) in [6.45, 7) is 10.4. The van der Waals surface area contributed by atoms with Crippen LogP contribution >= 0.6 is 0 Å². The van der Waals surface area contributed by atoms with Gasteiger partial charge in [-0.3, -0.25) is 4.98 Å². The molecule has 0 radical (unpaired) electrons. The highest BCUT2D eigenvalue weighted by atomic mass is 14.6. The Morgan fingerprint density at radius 2 is 1.75 bits per heavy atom. The number of rotatable bonds is 1. The topological polar surface area (TPSA) is 12.9 Å². The Kier molecular flexibility index (Phi) is 5.35. The fourth-order valence-corrected chi connectivity index (χ4v) is 1.04.